The molecule has 0 aliphatic heterocycles. The average molecular weight is 360 g/mol. The van der Waals surface area contributed by atoms with Crippen LogP contribution in [0.2, 0.25) is 5.02 Å². The van der Waals surface area contributed by atoms with E-state index in [9.17, 15) is 14.9 Å². The zero-order valence-corrected chi connectivity index (χ0v) is 14.4. The normalized spacial score (nSPS) is 14.6. The first kappa shape index (κ1) is 17.2. The van der Waals surface area contributed by atoms with Gasteiger partial charge in [-0.25, -0.2) is 0 Å². The standard InChI is InChI=1S/C18H18ClN3O3/c1-11(20-16-9-6-14(19)10-17(16)22(24)25)12-4-7-15(8-5-12)21-18(23)13-2-3-13/h4-11,13,20H,2-3H2,1H3,(H,21,23). The Morgan fingerprint density at radius 1 is 1.24 bits per heavy atom. The number of nitrogens with one attached hydrogen (secondary N) is 2. The van der Waals surface area contributed by atoms with Crippen molar-refractivity contribution in [3.05, 3.63) is 63.2 Å². The Bertz CT molecular complexity index is 804. The van der Waals surface area contributed by atoms with Crippen LogP contribution >= 0.6 is 11.6 Å². The molecule has 0 aromatic heterocycles. The van der Waals surface area contributed by atoms with Crippen LogP contribution in [0, 0.1) is 16.0 Å². The summed E-state index contributed by atoms with van der Waals surface area (Å²) in [5.74, 6) is 0.224. The van der Waals surface area contributed by atoms with Gasteiger partial charge in [-0.05, 0) is 49.6 Å². The highest BCUT2D eigenvalue weighted by atomic mass is 35.5. The van der Waals surface area contributed by atoms with E-state index in [2.05, 4.69) is 10.6 Å². The molecule has 1 atom stereocenters. The minimum atomic E-state index is -0.461. The summed E-state index contributed by atoms with van der Waals surface area (Å²) >= 11 is 5.83. The molecule has 0 saturated heterocycles. The largest absolute Gasteiger partial charge is 0.373 e. The van der Waals surface area contributed by atoms with Gasteiger partial charge in [0.2, 0.25) is 5.91 Å². The summed E-state index contributed by atoms with van der Waals surface area (Å²) in [4.78, 5) is 22.5. The molecule has 2 aromatic rings. The zero-order valence-electron chi connectivity index (χ0n) is 13.7. The van der Waals surface area contributed by atoms with E-state index in [1.54, 1.807) is 12.1 Å². The van der Waals surface area contributed by atoms with Crippen molar-refractivity contribution < 1.29 is 9.72 Å². The smallest absolute Gasteiger partial charge is 0.293 e. The number of amides is 1. The second kappa shape index (κ2) is 7.11. The minimum Gasteiger partial charge on any atom is -0.373 e. The molecular formula is C18H18ClN3O3. The molecule has 1 aliphatic carbocycles. The van der Waals surface area contributed by atoms with Gasteiger partial charge in [0.25, 0.3) is 5.69 Å². The number of nitro groups is 1. The Morgan fingerprint density at radius 2 is 1.92 bits per heavy atom. The van der Waals surface area contributed by atoms with Crippen LogP contribution in [0.1, 0.15) is 31.4 Å². The summed E-state index contributed by atoms with van der Waals surface area (Å²) in [6, 6.07) is 11.8. The molecule has 7 heteroatoms. The van der Waals surface area contributed by atoms with Crippen molar-refractivity contribution in [1.82, 2.24) is 0 Å². The van der Waals surface area contributed by atoms with E-state index in [1.165, 1.54) is 6.07 Å². The average Bonchev–Trinajstić information content (AvgIpc) is 3.42. The predicted octanol–water partition coefficient (Wildman–Crippen LogP) is 4.77. The lowest BCUT2D eigenvalue weighted by molar-refractivity contribution is -0.384. The van der Waals surface area contributed by atoms with E-state index in [0.29, 0.717) is 10.7 Å². The summed E-state index contributed by atoms with van der Waals surface area (Å²) in [6.07, 6.45) is 1.93. The zero-order chi connectivity index (χ0) is 18.0. The summed E-state index contributed by atoms with van der Waals surface area (Å²) in [5, 5.41) is 17.5. The monoisotopic (exact) mass is 359 g/mol. The first-order valence-corrected chi connectivity index (χ1v) is 8.43. The fourth-order valence-corrected chi connectivity index (χ4v) is 2.71. The van der Waals surface area contributed by atoms with Gasteiger partial charge in [0.15, 0.2) is 0 Å². The van der Waals surface area contributed by atoms with Crippen LogP contribution in [-0.2, 0) is 4.79 Å². The highest BCUT2D eigenvalue weighted by Crippen LogP contribution is 2.32. The highest BCUT2D eigenvalue weighted by molar-refractivity contribution is 6.30. The number of anilines is 2. The molecule has 25 heavy (non-hydrogen) atoms. The number of halogens is 1. The maximum absolute atomic E-state index is 11.8. The van der Waals surface area contributed by atoms with Crippen LogP contribution in [0.15, 0.2) is 42.5 Å². The third-order valence-corrected chi connectivity index (χ3v) is 4.39. The molecule has 3 rings (SSSR count). The van der Waals surface area contributed by atoms with E-state index < -0.39 is 4.92 Å². The van der Waals surface area contributed by atoms with Crippen LogP contribution in [0.4, 0.5) is 17.1 Å². The molecule has 1 aliphatic rings. The maximum Gasteiger partial charge on any atom is 0.293 e. The van der Waals surface area contributed by atoms with E-state index in [-0.39, 0.29) is 23.6 Å². The molecule has 0 spiro atoms. The lowest BCUT2D eigenvalue weighted by Crippen LogP contribution is -2.13. The first-order valence-electron chi connectivity index (χ1n) is 8.05. The lowest BCUT2D eigenvalue weighted by Gasteiger charge is -2.16. The molecule has 1 saturated carbocycles. The Hall–Kier alpha value is -2.60. The number of hydrogen-bond acceptors (Lipinski definition) is 4. The number of nitrogens with zero attached hydrogens (tertiary/aromatic N) is 1. The second-order valence-corrected chi connectivity index (χ2v) is 6.61. The van der Waals surface area contributed by atoms with Crippen molar-refractivity contribution in [2.45, 2.75) is 25.8 Å². The SMILES string of the molecule is CC(Nc1ccc(Cl)cc1[N+](=O)[O-])c1ccc(NC(=O)C2CC2)cc1. The topological polar surface area (TPSA) is 84.3 Å². The third kappa shape index (κ3) is 4.28. The van der Waals surface area contributed by atoms with Crippen molar-refractivity contribution in [1.29, 1.82) is 0 Å². The molecule has 0 heterocycles. The fraction of sp³-hybridized carbons (Fsp3) is 0.278. The fourth-order valence-electron chi connectivity index (χ4n) is 2.54. The van der Waals surface area contributed by atoms with Crippen molar-refractivity contribution in [2.75, 3.05) is 10.6 Å². The third-order valence-electron chi connectivity index (χ3n) is 4.15. The summed E-state index contributed by atoms with van der Waals surface area (Å²) < 4.78 is 0. The molecule has 0 bridgehead atoms. The molecule has 6 nitrogen and oxygen atoms in total. The number of nitro benzene ring substituents is 1. The van der Waals surface area contributed by atoms with Gasteiger partial charge in [-0.3, -0.25) is 14.9 Å². The molecule has 2 aromatic carbocycles. The number of carbonyl (C=O) groups is 1. The van der Waals surface area contributed by atoms with Gasteiger partial charge in [0.05, 0.1) is 4.92 Å². The predicted molar refractivity (Wildman–Crippen MR) is 97.9 cm³/mol. The van der Waals surface area contributed by atoms with Crippen LogP contribution in [0.25, 0.3) is 0 Å². The van der Waals surface area contributed by atoms with Crippen molar-refractivity contribution >= 4 is 34.6 Å². The second-order valence-electron chi connectivity index (χ2n) is 6.17. The lowest BCUT2D eigenvalue weighted by atomic mass is 10.1. The summed E-state index contributed by atoms with van der Waals surface area (Å²) in [6.45, 7) is 1.91. The Kier molecular flexibility index (Phi) is 4.90. The summed E-state index contributed by atoms with van der Waals surface area (Å²) in [7, 11) is 0. The number of carbonyl (C=O) groups excluding carboxylic acids is 1. The molecule has 0 radical (unpaired) electrons. The number of benzene rings is 2. The van der Waals surface area contributed by atoms with Crippen LogP contribution in [-0.4, -0.2) is 10.8 Å². The van der Waals surface area contributed by atoms with Gasteiger partial charge in [0.1, 0.15) is 5.69 Å². The van der Waals surface area contributed by atoms with Crippen molar-refractivity contribution in [2.24, 2.45) is 5.92 Å². The van der Waals surface area contributed by atoms with Crippen molar-refractivity contribution in [3.8, 4) is 0 Å². The van der Waals surface area contributed by atoms with Gasteiger partial charge < -0.3 is 10.6 Å². The highest BCUT2D eigenvalue weighted by Gasteiger charge is 2.29. The number of hydrogen-bond donors (Lipinski definition) is 2. The van der Waals surface area contributed by atoms with Crippen LogP contribution < -0.4 is 10.6 Å². The molecule has 1 fully saturated rings. The quantitative estimate of drug-likeness (QED) is 0.574. The van der Waals surface area contributed by atoms with Gasteiger partial charge in [-0.15, -0.1) is 0 Å². The maximum atomic E-state index is 11.8. The van der Waals surface area contributed by atoms with E-state index in [0.717, 1.165) is 24.1 Å². The summed E-state index contributed by atoms with van der Waals surface area (Å²) in [5.41, 5.74) is 2.06. The molecule has 130 valence electrons. The van der Waals surface area contributed by atoms with E-state index in [4.69, 9.17) is 11.6 Å². The van der Waals surface area contributed by atoms with Crippen LogP contribution in [0.5, 0.6) is 0 Å². The molecule has 1 amide bonds. The minimum absolute atomic E-state index is 0.0623. The molecule has 2 N–H and O–H groups in total. The Balaban J connectivity index is 1.70. The molecular weight excluding hydrogens is 342 g/mol. The molecule has 1 unspecified atom stereocenters. The first-order chi connectivity index (χ1) is 11.9. The van der Waals surface area contributed by atoms with E-state index in [1.807, 2.05) is 31.2 Å². The van der Waals surface area contributed by atoms with Gasteiger partial charge >= 0.3 is 0 Å². The van der Waals surface area contributed by atoms with E-state index >= 15 is 0 Å². The Morgan fingerprint density at radius 3 is 2.52 bits per heavy atom. The van der Waals surface area contributed by atoms with Crippen LogP contribution in [0.3, 0.4) is 0 Å². The Labute approximate surface area is 150 Å². The van der Waals surface area contributed by atoms with Gasteiger partial charge in [-0.2, -0.15) is 0 Å². The number of rotatable bonds is 6. The van der Waals surface area contributed by atoms with Gasteiger partial charge in [-0.1, -0.05) is 23.7 Å². The van der Waals surface area contributed by atoms with Crippen molar-refractivity contribution in [3.63, 3.8) is 0 Å². The van der Waals surface area contributed by atoms with Gasteiger partial charge in [0, 0.05) is 28.7 Å².